The molecule has 132 valence electrons. The molecule has 0 saturated heterocycles. The third-order valence-corrected chi connectivity index (χ3v) is 3.90. The largest absolute Gasteiger partial charge is 0.322 e. The van der Waals surface area contributed by atoms with Gasteiger partial charge in [-0.3, -0.25) is 9.59 Å². The number of amides is 1. The van der Waals surface area contributed by atoms with E-state index in [-0.39, 0.29) is 16.8 Å². The molecule has 6 heteroatoms. The molecule has 1 heterocycles. The third kappa shape index (κ3) is 4.03. The number of aromatic nitrogens is 1. The average Bonchev–Trinajstić information content (AvgIpc) is 2.62. The lowest BCUT2D eigenvalue weighted by atomic mass is 10.1. The first kappa shape index (κ1) is 17.5. The molecule has 4 nitrogen and oxygen atoms in total. The van der Waals surface area contributed by atoms with Gasteiger partial charge in [0.1, 0.15) is 0 Å². The SMILES string of the molecule is Cc1ccc(Cn2cc(C(=O)Nc3ccc(F)c(F)c3)ccc2=O)cc1. The molecule has 0 aliphatic heterocycles. The summed E-state index contributed by atoms with van der Waals surface area (Å²) >= 11 is 0. The fourth-order valence-electron chi connectivity index (χ4n) is 2.46. The molecule has 3 aromatic rings. The Morgan fingerprint density at radius 1 is 1.00 bits per heavy atom. The predicted octanol–water partition coefficient (Wildman–Crippen LogP) is 3.74. The number of rotatable bonds is 4. The van der Waals surface area contributed by atoms with Crippen LogP contribution >= 0.6 is 0 Å². The summed E-state index contributed by atoms with van der Waals surface area (Å²) in [6.07, 6.45) is 1.44. The van der Waals surface area contributed by atoms with Gasteiger partial charge >= 0.3 is 0 Å². The van der Waals surface area contributed by atoms with Crippen LogP contribution in [-0.2, 0) is 6.54 Å². The maximum absolute atomic E-state index is 13.2. The van der Waals surface area contributed by atoms with Crippen molar-refractivity contribution in [3.05, 3.63) is 99.5 Å². The van der Waals surface area contributed by atoms with Crippen LogP contribution in [0.25, 0.3) is 0 Å². The molecule has 0 fully saturated rings. The summed E-state index contributed by atoms with van der Waals surface area (Å²) in [6.45, 7) is 2.30. The lowest BCUT2D eigenvalue weighted by Gasteiger charge is -2.10. The smallest absolute Gasteiger partial charge is 0.257 e. The summed E-state index contributed by atoms with van der Waals surface area (Å²) < 4.78 is 27.6. The second-order valence-corrected chi connectivity index (χ2v) is 5.95. The number of hydrogen-bond acceptors (Lipinski definition) is 2. The maximum Gasteiger partial charge on any atom is 0.257 e. The standard InChI is InChI=1S/C20H16F2N2O2/c1-13-2-4-14(5-3-13)11-24-12-15(6-9-19(24)25)20(26)23-16-7-8-17(21)18(22)10-16/h2-10,12H,11H2,1H3,(H,23,26). The van der Waals surface area contributed by atoms with Gasteiger partial charge in [0.05, 0.1) is 12.1 Å². The molecule has 1 N–H and O–H groups in total. The van der Waals surface area contributed by atoms with E-state index in [1.807, 2.05) is 31.2 Å². The minimum atomic E-state index is -1.05. The second kappa shape index (κ2) is 7.31. The predicted molar refractivity (Wildman–Crippen MR) is 95.3 cm³/mol. The zero-order valence-electron chi connectivity index (χ0n) is 14.0. The van der Waals surface area contributed by atoms with Crippen molar-refractivity contribution in [3.63, 3.8) is 0 Å². The van der Waals surface area contributed by atoms with E-state index in [0.717, 1.165) is 23.3 Å². The number of nitrogens with zero attached hydrogens (tertiary/aromatic N) is 1. The number of hydrogen-bond donors (Lipinski definition) is 1. The Hall–Kier alpha value is -3.28. The van der Waals surface area contributed by atoms with Crippen LogP contribution in [0.4, 0.5) is 14.5 Å². The van der Waals surface area contributed by atoms with Crippen LogP contribution < -0.4 is 10.9 Å². The summed E-state index contributed by atoms with van der Waals surface area (Å²) in [5.74, 6) is -2.56. The Kier molecular flexibility index (Phi) is 4.93. The van der Waals surface area contributed by atoms with E-state index in [0.29, 0.717) is 6.54 Å². The van der Waals surface area contributed by atoms with Crippen molar-refractivity contribution in [3.8, 4) is 0 Å². The van der Waals surface area contributed by atoms with Gasteiger partial charge in [-0.25, -0.2) is 8.78 Å². The quantitative estimate of drug-likeness (QED) is 0.776. The van der Waals surface area contributed by atoms with Gasteiger partial charge in [-0.2, -0.15) is 0 Å². The summed E-state index contributed by atoms with van der Waals surface area (Å²) in [5.41, 5.74) is 2.17. The van der Waals surface area contributed by atoms with Gasteiger partial charge in [-0.15, -0.1) is 0 Å². The summed E-state index contributed by atoms with van der Waals surface area (Å²) in [4.78, 5) is 24.4. The Labute approximate surface area is 148 Å². The highest BCUT2D eigenvalue weighted by Crippen LogP contribution is 2.14. The molecule has 1 aromatic heterocycles. The van der Waals surface area contributed by atoms with Gasteiger partial charge < -0.3 is 9.88 Å². The Morgan fingerprint density at radius 2 is 1.73 bits per heavy atom. The molecular weight excluding hydrogens is 338 g/mol. The molecule has 0 saturated carbocycles. The minimum Gasteiger partial charge on any atom is -0.322 e. The highest BCUT2D eigenvalue weighted by molar-refractivity contribution is 6.04. The van der Waals surface area contributed by atoms with Crippen molar-refractivity contribution in [1.29, 1.82) is 0 Å². The molecule has 0 spiro atoms. The average molecular weight is 354 g/mol. The van der Waals surface area contributed by atoms with Crippen molar-refractivity contribution >= 4 is 11.6 Å². The van der Waals surface area contributed by atoms with Crippen LogP contribution in [0.1, 0.15) is 21.5 Å². The highest BCUT2D eigenvalue weighted by atomic mass is 19.2. The van der Waals surface area contributed by atoms with Gasteiger partial charge in [0, 0.05) is 24.0 Å². The summed E-state index contributed by atoms with van der Waals surface area (Å²) in [6, 6.07) is 13.5. The number of anilines is 1. The van der Waals surface area contributed by atoms with Gasteiger partial charge in [0.25, 0.3) is 11.5 Å². The van der Waals surface area contributed by atoms with Gasteiger partial charge in [0.2, 0.25) is 0 Å². The summed E-state index contributed by atoms with van der Waals surface area (Å²) in [7, 11) is 0. The van der Waals surface area contributed by atoms with Crippen LogP contribution in [0.2, 0.25) is 0 Å². The number of carbonyl (C=O) groups excluding carboxylic acids is 1. The lowest BCUT2D eigenvalue weighted by molar-refractivity contribution is 0.102. The molecule has 0 aliphatic rings. The number of carbonyl (C=O) groups is 1. The van der Waals surface area contributed by atoms with Crippen LogP contribution in [0.5, 0.6) is 0 Å². The zero-order chi connectivity index (χ0) is 18.7. The first-order valence-corrected chi connectivity index (χ1v) is 7.95. The van der Waals surface area contributed by atoms with E-state index < -0.39 is 17.5 Å². The Morgan fingerprint density at radius 3 is 2.42 bits per heavy atom. The van der Waals surface area contributed by atoms with E-state index in [9.17, 15) is 18.4 Å². The van der Waals surface area contributed by atoms with E-state index in [2.05, 4.69) is 5.32 Å². The summed E-state index contributed by atoms with van der Waals surface area (Å²) in [5, 5.41) is 2.48. The fourth-order valence-corrected chi connectivity index (χ4v) is 2.46. The lowest BCUT2D eigenvalue weighted by Crippen LogP contribution is -2.22. The number of pyridine rings is 1. The normalized spacial score (nSPS) is 10.6. The van der Waals surface area contributed by atoms with Crippen LogP contribution in [0, 0.1) is 18.6 Å². The highest BCUT2D eigenvalue weighted by Gasteiger charge is 2.10. The Balaban J connectivity index is 1.81. The molecular formula is C20H16F2N2O2. The molecule has 0 aliphatic carbocycles. The topological polar surface area (TPSA) is 51.1 Å². The number of aryl methyl sites for hydroxylation is 1. The molecule has 26 heavy (non-hydrogen) atoms. The van der Waals surface area contributed by atoms with Crippen LogP contribution in [0.15, 0.2) is 65.6 Å². The number of halogens is 2. The molecule has 0 bridgehead atoms. The first-order valence-electron chi connectivity index (χ1n) is 7.95. The Bertz CT molecular complexity index is 1010. The monoisotopic (exact) mass is 354 g/mol. The molecule has 2 aromatic carbocycles. The second-order valence-electron chi connectivity index (χ2n) is 5.95. The van der Waals surface area contributed by atoms with Crippen LogP contribution in [-0.4, -0.2) is 10.5 Å². The maximum atomic E-state index is 13.2. The van der Waals surface area contributed by atoms with E-state index in [1.54, 1.807) is 0 Å². The molecule has 1 amide bonds. The molecule has 0 atom stereocenters. The van der Waals surface area contributed by atoms with Crippen molar-refractivity contribution in [1.82, 2.24) is 4.57 Å². The van der Waals surface area contributed by atoms with Crippen molar-refractivity contribution in [2.24, 2.45) is 0 Å². The van der Waals surface area contributed by atoms with E-state index in [4.69, 9.17) is 0 Å². The van der Waals surface area contributed by atoms with Crippen LogP contribution in [0.3, 0.4) is 0 Å². The minimum absolute atomic E-state index is 0.130. The van der Waals surface area contributed by atoms with Gasteiger partial charge in [-0.1, -0.05) is 29.8 Å². The zero-order valence-corrected chi connectivity index (χ0v) is 14.0. The first-order chi connectivity index (χ1) is 12.4. The van der Waals surface area contributed by atoms with E-state index >= 15 is 0 Å². The van der Waals surface area contributed by atoms with Crippen molar-refractivity contribution in [2.45, 2.75) is 13.5 Å². The van der Waals surface area contributed by atoms with Crippen molar-refractivity contribution in [2.75, 3.05) is 5.32 Å². The van der Waals surface area contributed by atoms with Gasteiger partial charge in [0.15, 0.2) is 11.6 Å². The number of nitrogens with one attached hydrogen (secondary N) is 1. The van der Waals surface area contributed by atoms with Crippen molar-refractivity contribution < 1.29 is 13.6 Å². The van der Waals surface area contributed by atoms with E-state index in [1.165, 1.54) is 29.0 Å². The van der Waals surface area contributed by atoms with Gasteiger partial charge in [-0.05, 0) is 30.7 Å². The third-order valence-electron chi connectivity index (χ3n) is 3.90. The number of benzene rings is 2. The fraction of sp³-hybridized carbons (Fsp3) is 0.100. The molecule has 0 unspecified atom stereocenters. The molecule has 0 radical (unpaired) electrons. The molecule has 3 rings (SSSR count).